The van der Waals surface area contributed by atoms with Gasteiger partial charge in [-0.1, -0.05) is 31.7 Å². The first-order valence-electron chi connectivity index (χ1n) is 6.55. The predicted octanol–water partition coefficient (Wildman–Crippen LogP) is 3.05. The lowest BCUT2D eigenvalue weighted by atomic mass is 10.2. The van der Waals surface area contributed by atoms with Gasteiger partial charge in [0.25, 0.3) is 0 Å². The molecule has 0 aromatic rings. The Bertz CT molecular complexity index is 218. The van der Waals surface area contributed by atoms with E-state index < -0.39 is 10.6 Å². The van der Waals surface area contributed by atoms with E-state index in [4.69, 9.17) is 0 Å². The molecule has 0 amide bonds. The highest BCUT2D eigenvalue weighted by Gasteiger charge is 1.96. The number of carbonyl (C=O) groups excluding carboxylic acids is 2. The smallest absolute Gasteiger partial charge is 0.364 e. The van der Waals surface area contributed by atoms with Crippen molar-refractivity contribution in [2.24, 2.45) is 0 Å². The van der Waals surface area contributed by atoms with Crippen molar-refractivity contribution in [3.63, 3.8) is 0 Å². The molecule has 1 fully saturated rings. The van der Waals surface area contributed by atoms with Gasteiger partial charge in [-0.15, -0.1) is 0 Å². The Morgan fingerprint density at radius 3 is 1.58 bits per heavy atom. The Labute approximate surface area is 125 Å². The highest BCUT2D eigenvalue weighted by Crippen LogP contribution is 1.99. The standard InChI is InChI=1S/C7H12O4S2.C5H11N/c8-6(12)10-4-2-1-3-5-11-7(9)13;1-2-4-6-5-3-1/h1-5H2,(H,8,12)(H,9,13);6H,1-5H2. The molecule has 0 aromatic carbocycles. The summed E-state index contributed by atoms with van der Waals surface area (Å²) in [5.74, 6) is 0. The number of thiol groups is 2. The number of ether oxygens (including phenoxy) is 2. The van der Waals surface area contributed by atoms with Crippen LogP contribution < -0.4 is 5.32 Å². The molecule has 1 N–H and O–H groups in total. The highest BCUT2D eigenvalue weighted by molar-refractivity contribution is 7.96. The lowest BCUT2D eigenvalue weighted by molar-refractivity contribution is 0.165. The Balaban J connectivity index is 0.000000443. The highest BCUT2D eigenvalue weighted by atomic mass is 32.1. The number of rotatable bonds is 6. The van der Waals surface area contributed by atoms with Crippen LogP contribution in [0.3, 0.4) is 0 Å². The molecular weight excluding hydrogens is 286 g/mol. The predicted molar refractivity (Wildman–Crippen MR) is 81.2 cm³/mol. The molecule has 0 saturated carbocycles. The average Bonchev–Trinajstić information content (AvgIpc) is 2.40. The van der Waals surface area contributed by atoms with E-state index in [0.717, 1.165) is 19.3 Å². The molecule has 1 saturated heterocycles. The molecule has 0 aliphatic carbocycles. The number of piperidine rings is 1. The van der Waals surface area contributed by atoms with E-state index >= 15 is 0 Å². The second-order valence-electron chi connectivity index (χ2n) is 4.10. The number of unbranched alkanes of at least 4 members (excludes halogenated alkanes) is 2. The van der Waals surface area contributed by atoms with Crippen LogP contribution in [-0.4, -0.2) is 36.9 Å². The van der Waals surface area contributed by atoms with E-state index in [9.17, 15) is 9.59 Å². The minimum absolute atomic E-state index is 0.358. The van der Waals surface area contributed by atoms with Gasteiger partial charge in [0.1, 0.15) is 0 Å². The van der Waals surface area contributed by atoms with Crippen molar-refractivity contribution in [1.29, 1.82) is 0 Å². The molecule has 1 rings (SSSR count). The topological polar surface area (TPSA) is 64.6 Å². The van der Waals surface area contributed by atoms with Crippen molar-refractivity contribution >= 4 is 35.9 Å². The molecule has 1 heterocycles. The fourth-order valence-electron chi connectivity index (χ4n) is 1.50. The van der Waals surface area contributed by atoms with Crippen molar-refractivity contribution in [3.05, 3.63) is 0 Å². The van der Waals surface area contributed by atoms with Gasteiger partial charge in [-0.3, -0.25) is 0 Å². The summed E-state index contributed by atoms with van der Waals surface area (Å²) in [6, 6.07) is 0. The summed E-state index contributed by atoms with van der Waals surface area (Å²) in [5, 5.41) is 2.15. The third kappa shape index (κ3) is 17.6. The van der Waals surface area contributed by atoms with Crippen molar-refractivity contribution in [1.82, 2.24) is 5.32 Å². The Hall–Kier alpha value is -0.400. The van der Waals surface area contributed by atoms with Crippen LogP contribution >= 0.6 is 25.3 Å². The Kier molecular flexibility index (Phi) is 13.7. The molecular formula is C12H23NO4S2. The Morgan fingerprint density at radius 2 is 1.32 bits per heavy atom. The van der Waals surface area contributed by atoms with E-state index in [1.165, 1.54) is 32.4 Å². The quantitative estimate of drug-likeness (QED) is 0.400. The minimum Gasteiger partial charge on any atom is -0.458 e. The maximum Gasteiger partial charge on any atom is 0.364 e. The van der Waals surface area contributed by atoms with Gasteiger partial charge in [0.05, 0.1) is 13.2 Å². The molecule has 1 aliphatic rings. The molecule has 0 radical (unpaired) electrons. The molecule has 19 heavy (non-hydrogen) atoms. The number of nitrogens with one attached hydrogen (secondary N) is 1. The van der Waals surface area contributed by atoms with Crippen molar-refractivity contribution in [3.8, 4) is 0 Å². The van der Waals surface area contributed by atoms with Gasteiger partial charge in [-0.25, -0.2) is 9.59 Å². The fourth-order valence-corrected chi connectivity index (χ4v) is 1.68. The lowest BCUT2D eigenvalue weighted by Gasteiger charge is -2.08. The zero-order chi connectivity index (χ0) is 14.3. The summed E-state index contributed by atoms with van der Waals surface area (Å²) in [5.41, 5.74) is 0. The van der Waals surface area contributed by atoms with Gasteiger partial charge in [-0.2, -0.15) is 0 Å². The van der Waals surface area contributed by atoms with Gasteiger partial charge in [0, 0.05) is 0 Å². The third-order valence-electron chi connectivity index (χ3n) is 2.45. The number of hydrogen-bond acceptors (Lipinski definition) is 5. The zero-order valence-electron chi connectivity index (χ0n) is 11.1. The van der Waals surface area contributed by atoms with E-state index in [-0.39, 0.29) is 0 Å². The van der Waals surface area contributed by atoms with Crippen LogP contribution in [-0.2, 0) is 9.47 Å². The summed E-state index contributed by atoms with van der Waals surface area (Å²) in [6.45, 7) is 3.22. The first-order chi connectivity index (χ1) is 9.13. The minimum atomic E-state index is -0.568. The average molecular weight is 309 g/mol. The molecule has 0 spiro atoms. The van der Waals surface area contributed by atoms with E-state index in [2.05, 4.69) is 40.0 Å². The summed E-state index contributed by atoms with van der Waals surface area (Å²) < 4.78 is 9.14. The number of carbonyl (C=O) groups is 2. The van der Waals surface area contributed by atoms with E-state index in [0.29, 0.717) is 13.2 Å². The van der Waals surface area contributed by atoms with Gasteiger partial charge in [-0.05, 0) is 45.2 Å². The van der Waals surface area contributed by atoms with E-state index in [1.807, 2.05) is 0 Å². The molecule has 7 heteroatoms. The second-order valence-corrected chi connectivity index (χ2v) is 4.83. The molecule has 0 unspecified atom stereocenters. The Morgan fingerprint density at radius 1 is 0.842 bits per heavy atom. The van der Waals surface area contributed by atoms with Crippen LogP contribution in [0.15, 0.2) is 0 Å². The van der Waals surface area contributed by atoms with Crippen molar-refractivity contribution < 1.29 is 19.1 Å². The number of hydrogen-bond donors (Lipinski definition) is 3. The van der Waals surface area contributed by atoms with Crippen molar-refractivity contribution in [2.75, 3.05) is 26.3 Å². The normalized spacial score (nSPS) is 14.0. The molecule has 0 atom stereocenters. The van der Waals surface area contributed by atoms with Crippen LogP contribution in [0.25, 0.3) is 0 Å². The van der Waals surface area contributed by atoms with Crippen LogP contribution in [0.1, 0.15) is 38.5 Å². The first-order valence-corrected chi connectivity index (χ1v) is 7.44. The fraction of sp³-hybridized carbons (Fsp3) is 0.833. The molecule has 5 nitrogen and oxygen atoms in total. The van der Waals surface area contributed by atoms with Crippen molar-refractivity contribution in [2.45, 2.75) is 38.5 Å². The first kappa shape index (κ1) is 18.6. The van der Waals surface area contributed by atoms with Crippen LogP contribution in [0.5, 0.6) is 0 Å². The monoisotopic (exact) mass is 309 g/mol. The largest absolute Gasteiger partial charge is 0.458 e. The summed E-state index contributed by atoms with van der Waals surface area (Å²) >= 11 is 6.86. The summed E-state index contributed by atoms with van der Waals surface area (Å²) in [4.78, 5) is 20.4. The zero-order valence-corrected chi connectivity index (χ0v) is 12.9. The summed E-state index contributed by atoms with van der Waals surface area (Å²) in [7, 11) is 0. The molecule has 1 aliphatic heterocycles. The molecule has 112 valence electrons. The van der Waals surface area contributed by atoms with E-state index in [1.54, 1.807) is 0 Å². The van der Waals surface area contributed by atoms with Gasteiger partial charge >= 0.3 is 10.6 Å². The van der Waals surface area contributed by atoms with Crippen LogP contribution in [0, 0.1) is 0 Å². The third-order valence-corrected chi connectivity index (χ3v) is 2.71. The molecule has 0 bridgehead atoms. The SMILES string of the molecule is C1CCNCC1.O=C(S)OCCCCCOC(=O)S. The molecule has 0 aromatic heterocycles. The second kappa shape index (κ2) is 14.0. The van der Waals surface area contributed by atoms with Gasteiger partial charge < -0.3 is 14.8 Å². The van der Waals surface area contributed by atoms with Gasteiger partial charge in [0.2, 0.25) is 0 Å². The lowest BCUT2D eigenvalue weighted by Crippen LogP contribution is -2.21. The maximum absolute atomic E-state index is 10.2. The maximum atomic E-state index is 10.2. The summed E-state index contributed by atoms with van der Waals surface area (Å²) in [6.07, 6.45) is 6.54. The van der Waals surface area contributed by atoms with Crippen LogP contribution in [0.4, 0.5) is 9.59 Å². The van der Waals surface area contributed by atoms with Gasteiger partial charge in [0.15, 0.2) is 0 Å². The van der Waals surface area contributed by atoms with Crippen LogP contribution in [0.2, 0.25) is 0 Å².